The first-order chi connectivity index (χ1) is 13.9. The molecule has 0 spiro atoms. The number of benzene rings is 1. The molecule has 0 radical (unpaired) electrons. The van der Waals surface area contributed by atoms with Crippen molar-refractivity contribution in [2.45, 2.75) is 32.1 Å². The summed E-state index contributed by atoms with van der Waals surface area (Å²) in [5.74, 6) is 2.10. The number of nitrogens with one attached hydrogen (secondary N) is 2. The lowest BCUT2D eigenvalue weighted by Gasteiger charge is -2.21. The Morgan fingerprint density at radius 3 is 2.82 bits per heavy atom. The fraction of sp³-hybridized carbons (Fsp3) is 0.333. The van der Waals surface area contributed by atoms with E-state index >= 15 is 0 Å². The third-order valence-electron chi connectivity index (χ3n) is 5.37. The topological polar surface area (TPSA) is 88.6 Å². The van der Waals surface area contributed by atoms with Gasteiger partial charge in [0.05, 0.1) is 6.61 Å². The molecule has 5 rings (SSSR count). The van der Waals surface area contributed by atoms with E-state index < -0.39 is 0 Å². The smallest absolute Gasteiger partial charge is 0.221 e. The molecular formula is C21H22N6O. The SMILES string of the molecule is c1cc2cc(Nc3[nH]nc4nccnc34)ccc2c(OCC2CCCCC2)n1. The van der Waals surface area contributed by atoms with Crippen molar-refractivity contribution >= 4 is 33.4 Å². The number of H-pyrrole nitrogens is 1. The Labute approximate surface area is 162 Å². The molecule has 4 aromatic rings. The summed E-state index contributed by atoms with van der Waals surface area (Å²) in [6, 6.07) is 8.14. The van der Waals surface area contributed by atoms with Crippen LogP contribution < -0.4 is 10.1 Å². The first kappa shape index (κ1) is 16.9. The standard InChI is InChI=1S/C21H22N6O/c1-2-4-14(5-3-1)13-28-21-17-7-6-16(12-15(17)8-9-24-21)25-20-18-19(26-27-20)23-11-10-22-18/h6-12,14H,1-5,13H2,(H2,23,25,26,27). The summed E-state index contributed by atoms with van der Waals surface area (Å²) < 4.78 is 6.10. The number of fused-ring (bicyclic) bond motifs is 2. The minimum atomic E-state index is 0.591. The predicted molar refractivity (Wildman–Crippen MR) is 109 cm³/mol. The zero-order chi connectivity index (χ0) is 18.8. The van der Waals surface area contributed by atoms with Crippen LogP contribution in [0.1, 0.15) is 32.1 Å². The highest BCUT2D eigenvalue weighted by molar-refractivity contribution is 5.91. The third-order valence-corrected chi connectivity index (χ3v) is 5.37. The first-order valence-corrected chi connectivity index (χ1v) is 9.80. The molecule has 2 N–H and O–H groups in total. The van der Waals surface area contributed by atoms with Crippen LogP contribution in [0.3, 0.4) is 0 Å². The fourth-order valence-electron chi connectivity index (χ4n) is 3.88. The van der Waals surface area contributed by atoms with Gasteiger partial charge in [0.1, 0.15) is 0 Å². The van der Waals surface area contributed by atoms with Gasteiger partial charge in [0.2, 0.25) is 11.5 Å². The monoisotopic (exact) mass is 374 g/mol. The zero-order valence-corrected chi connectivity index (χ0v) is 15.6. The first-order valence-electron chi connectivity index (χ1n) is 9.80. The lowest BCUT2D eigenvalue weighted by Crippen LogP contribution is -2.15. The molecule has 28 heavy (non-hydrogen) atoms. The Balaban J connectivity index is 1.37. The van der Waals surface area contributed by atoms with Crippen molar-refractivity contribution in [1.29, 1.82) is 0 Å². The molecule has 3 heterocycles. The summed E-state index contributed by atoms with van der Waals surface area (Å²) in [5, 5.41) is 12.6. The molecule has 0 unspecified atom stereocenters. The average Bonchev–Trinajstić information content (AvgIpc) is 3.16. The summed E-state index contributed by atoms with van der Waals surface area (Å²) >= 11 is 0. The van der Waals surface area contributed by atoms with Crippen molar-refractivity contribution in [3.05, 3.63) is 42.9 Å². The maximum absolute atomic E-state index is 6.10. The Kier molecular flexibility index (Phi) is 4.48. The molecular weight excluding hydrogens is 352 g/mol. The van der Waals surface area contributed by atoms with E-state index in [4.69, 9.17) is 4.74 Å². The predicted octanol–water partition coefficient (Wildman–Crippen LogP) is 4.60. The molecule has 1 saturated carbocycles. The van der Waals surface area contributed by atoms with Gasteiger partial charge in [-0.3, -0.25) is 5.10 Å². The normalized spacial score (nSPS) is 15.1. The Morgan fingerprint density at radius 1 is 1.00 bits per heavy atom. The molecule has 7 heteroatoms. The van der Waals surface area contributed by atoms with Crippen molar-refractivity contribution in [2.75, 3.05) is 11.9 Å². The molecule has 0 amide bonds. The van der Waals surface area contributed by atoms with Crippen LogP contribution in [0.5, 0.6) is 5.88 Å². The molecule has 142 valence electrons. The van der Waals surface area contributed by atoms with Crippen LogP contribution in [-0.2, 0) is 0 Å². The van der Waals surface area contributed by atoms with Crippen molar-refractivity contribution in [1.82, 2.24) is 25.1 Å². The van der Waals surface area contributed by atoms with Gasteiger partial charge in [0.15, 0.2) is 11.3 Å². The molecule has 1 aromatic carbocycles. The fourth-order valence-corrected chi connectivity index (χ4v) is 3.88. The summed E-state index contributed by atoms with van der Waals surface area (Å²) in [6.07, 6.45) is 11.6. The minimum absolute atomic E-state index is 0.591. The van der Waals surface area contributed by atoms with Gasteiger partial charge in [0, 0.05) is 29.7 Å². The molecule has 0 aliphatic heterocycles. The summed E-state index contributed by atoms with van der Waals surface area (Å²) in [7, 11) is 0. The number of nitrogens with zero attached hydrogens (tertiary/aromatic N) is 4. The van der Waals surface area contributed by atoms with E-state index in [1.54, 1.807) is 18.6 Å². The average molecular weight is 374 g/mol. The van der Waals surface area contributed by atoms with Gasteiger partial charge >= 0.3 is 0 Å². The van der Waals surface area contributed by atoms with Crippen molar-refractivity contribution in [3.63, 3.8) is 0 Å². The van der Waals surface area contributed by atoms with Crippen LogP contribution in [0.4, 0.5) is 11.5 Å². The van der Waals surface area contributed by atoms with E-state index in [0.717, 1.165) is 28.9 Å². The number of hydrogen-bond donors (Lipinski definition) is 2. The number of hydrogen-bond acceptors (Lipinski definition) is 6. The van der Waals surface area contributed by atoms with E-state index in [9.17, 15) is 0 Å². The number of aromatic amines is 1. The Morgan fingerprint density at radius 2 is 1.89 bits per heavy atom. The number of anilines is 2. The van der Waals surface area contributed by atoms with Gasteiger partial charge in [-0.1, -0.05) is 19.3 Å². The van der Waals surface area contributed by atoms with E-state index in [1.807, 2.05) is 18.2 Å². The highest BCUT2D eigenvalue weighted by atomic mass is 16.5. The highest BCUT2D eigenvalue weighted by Gasteiger charge is 2.15. The van der Waals surface area contributed by atoms with Crippen LogP contribution in [0, 0.1) is 5.92 Å². The van der Waals surface area contributed by atoms with E-state index in [0.29, 0.717) is 23.0 Å². The third kappa shape index (κ3) is 3.35. The molecule has 0 bridgehead atoms. The lowest BCUT2D eigenvalue weighted by atomic mass is 9.90. The Hall–Kier alpha value is -3.22. The van der Waals surface area contributed by atoms with Crippen LogP contribution in [0.25, 0.3) is 21.9 Å². The molecule has 7 nitrogen and oxygen atoms in total. The molecule has 1 aliphatic rings. The summed E-state index contributed by atoms with van der Waals surface area (Å²) in [5.41, 5.74) is 2.25. The number of aromatic nitrogens is 5. The molecule has 1 fully saturated rings. The van der Waals surface area contributed by atoms with E-state index in [1.165, 1.54) is 32.1 Å². The second-order valence-corrected chi connectivity index (χ2v) is 7.32. The van der Waals surface area contributed by atoms with Gasteiger partial charge in [-0.2, -0.15) is 5.10 Å². The highest BCUT2D eigenvalue weighted by Crippen LogP contribution is 2.30. The van der Waals surface area contributed by atoms with Crippen LogP contribution >= 0.6 is 0 Å². The maximum atomic E-state index is 6.10. The molecule has 0 saturated heterocycles. The van der Waals surface area contributed by atoms with Crippen LogP contribution in [-0.4, -0.2) is 31.8 Å². The van der Waals surface area contributed by atoms with Crippen molar-refractivity contribution in [3.8, 4) is 5.88 Å². The van der Waals surface area contributed by atoms with Gasteiger partial charge < -0.3 is 10.1 Å². The molecule has 3 aromatic heterocycles. The number of ether oxygens (including phenoxy) is 1. The molecule has 0 atom stereocenters. The lowest BCUT2D eigenvalue weighted by molar-refractivity contribution is 0.205. The van der Waals surface area contributed by atoms with Crippen LogP contribution in [0.15, 0.2) is 42.9 Å². The van der Waals surface area contributed by atoms with Gasteiger partial charge in [-0.25, -0.2) is 15.0 Å². The zero-order valence-electron chi connectivity index (χ0n) is 15.6. The maximum Gasteiger partial charge on any atom is 0.221 e. The van der Waals surface area contributed by atoms with Gasteiger partial charge in [-0.15, -0.1) is 0 Å². The van der Waals surface area contributed by atoms with Gasteiger partial charge in [0.25, 0.3) is 0 Å². The second kappa shape index (κ2) is 7.42. The minimum Gasteiger partial charge on any atom is -0.477 e. The Bertz CT molecular complexity index is 1100. The van der Waals surface area contributed by atoms with Gasteiger partial charge in [-0.05, 0) is 48.4 Å². The number of rotatable bonds is 5. The van der Waals surface area contributed by atoms with Crippen molar-refractivity contribution in [2.24, 2.45) is 5.92 Å². The largest absolute Gasteiger partial charge is 0.477 e. The summed E-state index contributed by atoms with van der Waals surface area (Å²) in [6.45, 7) is 0.755. The van der Waals surface area contributed by atoms with E-state index in [-0.39, 0.29) is 0 Å². The van der Waals surface area contributed by atoms with Crippen LogP contribution in [0.2, 0.25) is 0 Å². The number of pyridine rings is 1. The van der Waals surface area contributed by atoms with E-state index in [2.05, 4.69) is 36.5 Å². The quantitative estimate of drug-likeness (QED) is 0.530. The van der Waals surface area contributed by atoms with Crippen molar-refractivity contribution < 1.29 is 4.74 Å². The summed E-state index contributed by atoms with van der Waals surface area (Å²) in [4.78, 5) is 13.0. The molecule has 1 aliphatic carbocycles. The second-order valence-electron chi connectivity index (χ2n) is 7.32.